The second-order valence-corrected chi connectivity index (χ2v) is 6.60. The van der Waals surface area contributed by atoms with Gasteiger partial charge in [-0.25, -0.2) is 4.98 Å². The number of hydrogen-bond donors (Lipinski definition) is 1. The molecule has 3 aromatic carbocycles. The molecule has 0 aliphatic heterocycles. The Morgan fingerprint density at radius 1 is 0.931 bits per heavy atom. The molecule has 0 saturated heterocycles. The van der Waals surface area contributed by atoms with Crippen molar-refractivity contribution >= 4 is 22.8 Å². The summed E-state index contributed by atoms with van der Waals surface area (Å²) >= 11 is 0. The quantitative estimate of drug-likeness (QED) is 0.358. The monoisotopic (exact) mass is 381 g/mol. The number of aromatic nitrogens is 1. The van der Waals surface area contributed by atoms with Gasteiger partial charge in [-0.3, -0.25) is 4.79 Å². The smallest absolute Gasteiger partial charge is 0.185 e. The SMILES string of the molecule is O=C(/C=C/c1cccc(OCc2ccc3ccccc3n2)c1)c1ccc(O)cc1. The zero-order chi connectivity index (χ0) is 20.1. The molecule has 0 saturated carbocycles. The fourth-order valence-electron chi connectivity index (χ4n) is 2.95. The molecule has 0 aliphatic carbocycles. The molecule has 29 heavy (non-hydrogen) atoms. The van der Waals surface area contributed by atoms with E-state index in [0.29, 0.717) is 17.9 Å². The third-order valence-corrected chi connectivity index (χ3v) is 4.48. The van der Waals surface area contributed by atoms with Crippen LogP contribution in [-0.2, 0) is 6.61 Å². The summed E-state index contributed by atoms with van der Waals surface area (Å²) in [5, 5.41) is 10.4. The molecule has 1 aromatic heterocycles. The number of phenols is 1. The van der Waals surface area contributed by atoms with Crippen LogP contribution in [0.25, 0.3) is 17.0 Å². The highest BCUT2D eigenvalue weighted by Gasteiger charge is 2.03. The molecule has 0 fully saturated rings. The number of ketones is 1. The van der Waals surface area contributed by atoms with Gasteiger partial charge in [0.1, 0.15) is 18.1 Å². The largest absolute Gasteiger partial charge is 0.508 e. The van der Waals surface area contributed by atoms with Gasteiger partial charge in [-0.1, -0.05) is 42.5 Å². The lowest BCUT2D eigenvalue weighted by molar-refractivity contribution is 0.104. The minimum absolute atomic E-state index is 0.128. The maximum Gasteiger partial charge on any atom is 0.185 e. The van der Waals surface area contributed by atoms with Crippen molar-refractivity contribution in [2.75, 3.05) is 0 Å². The molecule has 1 N–H and O–H groups in total. The molecule has 4 heteroatoms. The molecule has 4 aromatic rings. The van der Waals surface area contributed by atoms with Gasteiger partial charge >= 0.3 is 0 Å². The summed E-state index contributed by atoms with van der Waals surface area (Å²) in [7, 11) is 0. The van der Waals surface area contributed by atoms with Gasteiger partial charge in [-0.2, -0.15) is 0 Å². The second-order valence-electron chi connectivity index (χ2n) is 6.60. The van der Waals surface area contributed by atoms with E-state index in [4.69, 9.17) is 4.74 Å². The van der Waals surface area contributed by atoms with Gasteiger partial charge in [0.25, 0.3) is 0 Å². The van der Waals surface area contributed by atoms with E-state index in [1.165, 1.54) is 18.2 Å². The lowest BCUT2D eigenvalue weighted by Crippen LogP contribution is -1.98. The summed E-state index contributed by atoms with van der Waals surface area (Å²) in [6, 6.07) is 25.7. The van der Waals surface area contributed by atoms with Crippen molar-refractivity contribution in [1.29, 1.82) is 0 Å². The summed E-state index contributed by atoms with van der Waals surface area (Å²) in [5.41, 5.74) is 3.18. The van der Waals surface area contributed by atoms with E-state index in [1.807, 2.05) is 60.7 Å². The molecule has 0 atom stereocenters. The van der Waals surface area contributed by atoms with Crippen molar-refractivity contribution in [2.24, 2.45) is 0 Å². The normalized spacial score (nSPS) is 11.0. The van der Waals surface area contributed by atoms with E-state index in [0.717, 1.165) is 22.2 Å². The number of nitrogens with zero attached hydrogens (tertiary/aromatic N) is 1. The fraction of sp³-hybridized carbons (Fsp3) is 0.0400. The maximum atomic E-state index is 12.2. The van der Waals surface area contributed by atoms with Crippen molar-refractivity contribution in [3.63, 3.8) is 0 Å². The van der Waals surface area contributed by atoms with Crippen LogP contribution in [0.15, 0.2) is 91.0 Å². The number of rotatable bonds is 6. The highest BCUT2D eigenvalue weighted by atomic mass is 16.5. The third-order valence-electron chi connectivity index (χ3n) is 4.48. The number of allylic oxidation sites excluding steroid dienone is 1. The predicted octanol–water partition coefficient (Wildman–Crippen LogP) is 5.42. The number of aromatic hydroxyl groups is 1. The summed E-state index contributed by atoms with van der Waals surface area (Å²) in [5.74, 6) is 0.715. The van der Waals surface area contributed by atoms with Crippen LogP contribution in [0.2, 0.25) is 0 Å². The zero-order valence-corrected chi connectivity index (χ0v) is 15.7. The summed E-state index contributed by atoms with van der Waals surface area (Å²) in [4.78, 5) is 16.8. The Bertz CT molecular complexity index is 1180. The topological polar surface area (TPSA) is 59.4 Å². The lowest BCUT2D eigenvalue weighted by atomic mass is 10.1. The highest BCUT2D eigenvalue weighted by Crippen LogP contribution is 2.18. The first kappa shape index (κ1) is 18.4. The van der Waals surface area contributed by atoms with Crippen molar-refractivity contribution < 1.29 is 14.6 Å². The average Bonchev–Trinajstić information content (AvgIpc) is 2.77. The molecule has 0 radical (unpaired) electrons. The van der Waals surface area contributed by atoms with Crippen LogP contribution in [0.5, 0.6) is 11.5 Å². The minimum Gasteiger partial charge on any atom is -0.508 e. The van der Waals surface area contributed by atoms with Crippen LogP contribution in [0.1, 0.15) is 21.6 Å². The number of hydrogen-bond acceptors (Lipinski definition) is 4. The Morgan fingerprint density at radius 2 is 1.76 bits per heavy atom. The second kappa shape index (κ2) is 8.40. The number of carbonyl (C=O) groups is 1. The number of pyridine rings is 1. The van der Waals surface area contributed by atoms with Crippen molar-refractivity contribution in [3.8, 4) is 11.5 Å². The van der Waals surface area contributed by atoms with Crippen LogP contribution < -0.4 is 4.74 Å². The number of fused-ring (bicyclic) bond motifs is 1. The molecule has 0 bridgehead atoms. The van der Waals surface area contributed by atoms with Gasteiger partial charge < -0.3 is 9.84 Å². The number of phenolic OH excluding ortho intramolecular Hbond substituents is 1. The van der Waals surface area contributed by atoms with E-state index in [2.05, 4.69) is 4.98 Å². The molecule has 0 spiro atoms. The minimum atomic E-state index is -0.128. The van der Waals surface area contributed by atoms with E-state index in [1.54, 1.807) is 18.2 Å². The van der Waals surface area contributed by atoms with Gasteiger partial charge in [0, 0.05) is 10.9 Å². The molecule has 0 aliphatic rings. The van der Waals surface area contributed by atoms with Crippen LogP contribution in [-0.4, -0.2) is 15.9 Å². The average molecular weight is 381 g/mol. The Hall–Kier alpha value is -3.92. The van der Waals surface area contributed by atoms with E-state index in [-0.39, 0.29) is 11.5 Å². The van der Waals surface area contributed by atoms with Crippen LogP contribution in [0, 0.1) is 0 Å². The molecular formula is C25H19NO3. The predicted molar refractivity (Wildman–Crippen MR) is 114 cm³/mol. The molecule has 142 valence electrons. The number of para-hydroxylation sites is 1. The van der Waals surface area contributed by atoms with E-state index < -0.39 is 0 Å². The standard InChI is InChI=1S/C25H19NO3/c27-22-13-10-20(11-14-22)25(28)15-8-18-4-3-6-23(16-18)29-17-21-12-9-19-5-1-2-7-24(19)26-21/h1-16,27H,17H2/b15-8+. The van der Waals surface area contributed by atoms with Gasteiger partial charge in [-0.15, -0.1) is 0 Å². The Labute approximate surface area is 168 Å². The van der Waals surface area contributed by atoms with Gasteiger partial charge in [0.2, 0.25) is 0 Å². The number of benzene rings is 3. The maximum absolute atomic E-state index is 12.2. The molecule has 4 rings (SSSR count). The van der Waals surface area contributed by atoms with Crippen LogP contribution in [0.3, 0.4) is 0 Å². The first-order chi connectivity index (χ1) is 14.2. The Morgan fingerprint density at radius 3 is 2.62 bits per heavy atom. The van der Waals surface area contributed by atoms with Crippen molar-refractivity contribution in [2.45, 2.75) is 6.61 Å². The number of carbonyl (C=O) groups excluding carboxylic acids is 1. The van der Waals surface area contributed by atoms with E-state index in [9.17, 15) is 9.90 Å². The molecule has 0 unspecified atom stereocenters. The van der Waals surface area contributed by atoms with E-state index >= 15 is 0 Å². The first-order valence-corrected chi connectivity index (χ1v) is 9.26. The molecule has 0 amide bonds. The van der Waals surface area contributed by atoms with Gasteiger partial charge in [0.15, 0.2) is 5.78 Å². The highest BCUT2D eigenvalue weighted by molar-refractivity contribution is 6.06. The Balaban J connectivity index is 1.42. The van der Waals surface area contributed by atoms with Gasteiger partial charge in [-0.05, 0) is 60.2 Å². The molecule has 1 heterocycles. The third kappa shape index (κ3) is 4.68. The summed E-state index contributed by atoms with van der Waals surface area (Å²) in [6.45, 7) is 0.366. The molecular weight excluding hydrogens is 362 g/mol. The summed E-state index contributed by atoms with van der Waals surface area (Å²) < 4.78 is 5.88. The van der Waals surface area contributed by atoms with Crippen molar-refractivity contribution in [3.05, 3.63) is 108 Å². The fourth-order valence-corrected chi connectivity index (χ4v) is 2.95. The molecule has 4 nitrogen and oxygen atoms in total. The zero-order valence-electron chi connectivity index (χ0n) is 15.7. The van der Waals surface area contributed by atoms with Gasteiger partial charge in [0.05, 0.1) is 11.2 Å². The van der Waals surface area contributed by atoms with Crippen molar-refractivity contribution in [1.82, 2.24) is 4.98 Å². The lowest BCUT2D eigenvalue weighted by Gasteiger charge is -2.07. The Kier molecular flexibility index (Phi) is 5.34. The summed E-state index contributed by atoms with van der Waals surface area (Å²) in [6.07, 6.45) is 3.26. The number of ether oxygens (including phenoxy) is 1. The van der Waals surface area contributed by atoms with Crippen LogP contribution in [0.4, 0.5) is 0 Å². The van der Waals surface area contributed by atoms with Crippen LogP contribution >= 0.6 is 0 Å². The first-order valence-electron chi connectivity index (χ1n) is 9.26.